The molecule has 1 rings (SSSR count). The minimum absolute atomic E-state index is 0.309. The van der Waals surface area contributed by atoms with Gasteiger partial charge >= 0.3 is 0 Å². The Labute approximate surface area is 94.4 Å². The highest BCUT2D eigenvalue weighted by Gasteiger charge is 2.35. The van der Waals surface area contributed by atoms with Crippen LogP contribution in [0.3, 0.4) is 0 Å². The second-order valence-corrected chi connectivity index (χ2v) is 5.08. The van der Waals surface area contributed by atoms with E-state index in [4.69, 9.17) is 5.73 Å². The second-order valence-electron chi connectivity index (χ2n) is 5.08. The van der Waals surface area contributed by atoms with Crippen molar-refractivity contribution in [2.75, 3.05) is 6.54 Å². The molecule has 0 bridgehead atoms. The lowest BCUT2D eigenvalue weighted by Crippen LogP contribution is -2.17. The van der Waals surface area contributed by atoms with Crippen LogP contribution in [0.25, 0.3) is 0 Å². The normalized spacial score (nSPS) is 20.4. The van der Waals surface area contributed by atoms with Crippen LogP contribution in [0.5, 0.6) is 0 Å². The third kappa shape index (κ3) is 2.03. The maximum Gasteiger partial charge on any atom is 0.00983 e. The van der Waals surface area contributed by atoms with Crippen molar-refractivity contribution in [3.63, 3.8) is 0 Å². The molecule has 0 amide bonds. The van der Waals surface area contributed by atoms with Gasteiger partial charge in [-0.3, -0.25) is 0 Å². The molecule has 1 aliphatic rings. The first-order valence-corrected chi connectivity index (χ1v) is 6.01. The summed E-state index contributed by atoms with van der Waals surface area (Å²) in [5, 5.41) is 0. The summed E-state index contributed by atoms with van der Waals surface area (Å²) in [6, 6.07) is 0. The first-order chi connectivity index (χ1) is 6.95. The second kappa shape index (κ2) is 4.52. The Hall–Kier alpha value is -0.560. The Kier molecular flexibility index (Phi) is 3.77. The summed E-state index contributed by atoms with van der Waals surface area (Å²) in [4.78, 5) is 0. The zero-order chi connectivity index (χ0) is 11.6. The Morgan fingerprint density at radius 3 is 1.80 bits per heavy atom. The molecule has 0 heterocycles. The van der Waals surface area contributed by atoms with Crippen molar-refractivity contribution in [3.05, 3.63) is 22.3 Å². The van der Waals surface area contributed by atoms with E-state index >= 15 is 0 Å². The lowest BCUT2D eigenvalue weighted by atomic mass is 9.75. The number of nitrogens with two attached hydrogens (primary N) is 1. The van der Waals surface area contributed by atoms with Crippen molar-refractivity contribution in [3.8, 4) is 0 Å². The molecule has 0 radical (unpaired) electrons. The summed E-state index contributed by atoms with van der Waals surface area (Å²) in [7, 11) is 0. The van der Waals surface area contributed by atoms with Gasteiger partial charge in [-0.2, -0.15) is 0 Å². The summed E-state index contributed by atoms with van der Waals surface area (Å²) in [6.07, 6.45) is 3.63. The first kappa shape index (κ1) is 12.5. The van der Waals surface area contributed by atoms with Crippen LogP contribution in [0.4, 0.5) is 0 Å². The molecule has 86 valence electrons. The summed E-state index contributed by atoms with van der Waals surface area (Å²) in [5.41, 5.74) is 12.0. The topological polar surface area (TPSA) is 26.0 Å². The van der Waals surface area contributed by atoms with E-state index in [0.29, 0.717) is 5.41 Å². The van der Waals surface area contributed by atoms with Gasteiger partial charge in [-0.15, -0.1) is 0 Å². The van der Waals surface area contributed by atoms with E-state index in [-0.39, 0.29) is 0 Å². The molecule has 2 N–H and O–H groups in total. The fourth-order valence-electron chi connectivity index (χ4n) is 2.67. The van der Waals surface area contributed by atoms with Crippen LogP contribution in [0.2, 0.25) is 0 Å². The van der Waals surface area contributed by atoms with E-state index in [0.717, 1.165) is 13.0 Å². The van der Waals surface area contributed by atoms with E-state index in [1.165, 1.54) is 24.0 Å². The van der Waals surface area contributed by atoms with Crippen molar-refractivity contribution in [2.45, 2.75) is 53.9 Å². The van der Waals surface area contributed by atoms with E-state index in [2.05, 4.69) is 34.6 Å². The van der Waals surface area contributed by atoms with E-state index in [1.807, 2.05) is 0 Å². The number of hydrogen-bond donors (Lipinski definition) is 1. The minimum Gasteiger partial charge on any atom is -0.330 e. The largest absolute Gasteiger partial charge is 0.330 e. The van der Waals surface area contributed by atoms with Crippen molar-refractivity contribution >= 4 is 0 Å². The third-order valence-electron chi connectivity index (χ3n) is 4.47. The summed E-state index contributed by atoms with van der Waals surface area (Å²) < 4.78 is 0. The molecule has 0 atom stereocenters. The van der Waals surface area contributed by atoms with Gasteiger partial charge in [-0.1, -0.05) is 24.5 Å². The Morgan fingerprint density at radius 2 is 1.40 bits per heavy atom. The molecule has 0 aromatic heterocycles. The lowest BCUT2D eigenvalue weighted by molar-refractivity contribution is 0.422. The predicted octanol–water partition coefficient (Wildman–Crippen LogP) is 3.81. The van der Waals surface area contributed by atoms with Crippen molar-refractivity contribution in [2.24, 2.45) is 11.1 Å². The highest BCUT2D eigenvalue weighted by atomic mass is 14.5. The molecule has 0 saturated carbocycles. The highest BCUT2D eigenvalue weighted by molar-refractivity contribution is 5.49. The molecule has 0 saturated heterocycles. The standard InChI is InChI=1S/C14H25N/c1-10-11(2)13(4)14(5,12(10)3)8-6-7-9-15/h6-9,15H2,1-5H3. The Balaban J connectivity index is 2.85. The van der Waals surface area contributed by atoms with Crippen LogP contribution in [0, 0.1) is 5.41 Å². The van der Waals surface area contributed by atoms with Gasteiger partial charge in [-0.05, 0) is 58.2 Å². The van der Waals surface area contributed by atoms with Crippen LogP contribution in [-0.2, 0) is 0 Å². The molecular formula is C14H25N. The van der Waals surface area contributed by atoms with Gasteiger partial charge in [0.05, 0.1) is 0 Å². The third-order valence-corrected chi connectivity index (χ3v) is 4.47. The van der Waals surface area contributed by atoms with Gasteiger partial charge in [0.1, 0.15) is 0 Å². The minimum atomic E-state index is 0.309. The molecule has 0 fully saturated rings. The number of rotatable bonds is 4. The fourth-order valence-corrected chi connectivity index (χ4v) is 2.67. The zero-order valence-corrected chi connectivity index (χ0v) is 10.9. The number of hydrogen-bond acceptors (Lipinski definition) is 1. The average molecular weight is 207 g/mol. The van der Waals surface area contributed by atoms with Crippen LogP contribution in [-0.4, -0.2) is 6.54 Å². The molecule has 1 nitrogen and oxygen atoms in total. The van der Waals surface area contributed by atoms with Gasteiger partial charge < -0.3 is 5.73 Å². The molecule has 0 spiro atoms. The maximum absolute atomic E-state index is 5.56. The zero-order valence-electron chi connectivity index (χ0n) is 10.9. The summed E-state index contributed by atoms with van der Waals surface area (Å²) in [6.45, 7) is 12.3. The van der Waals surface area contributed by atoms with Crippen molar-refractivity contribution in [1.29, 1.82) is 0 Å². The quantitative estimate of drug-likeness (QED) is 0.697. The summed E-state index contributed by atoms with van der Waals surface area (Å²) in [5.74, 6) is 0. The molecule has 1 heteroatoms. The number of unbranched alkanes of at least 4 members (excludes halogenated alkanes) is 1. The first-order valence-electron chi connectivity index (χ1n) is 6.01. The van der Waals surface area contributed by atoms with Gasteiger partial charge in [0.15, 0.2) is 0 Å². The molecule has 1 aliphatic carbocycles. The van der Waals surface area contributed by atoms with E-state index < -0.39 is 0 Å². The fraction of sp³-hybridized carbons (Fsp3) is 0.714. The lowest BCUT2D eigenvalue weighted by Gasteiger charge is -2.29. The SMILES string of the molecule is CC1=C(C)C(C)(CCCCN)C(C)=C1C. The van der Waals surface area contributed by atoms with Gasteiger partial charge in [-0.25, -0.2) is 0 Å². The molecule has 0 unspecified atom stereocenters. The van der Waals surface area contributed by atoms with Crippen molar-refractivity contribution < 1.29 is 0 Å². The van der Waals surface area contributed by atoms with Crippen molar-refractivity contribution in [1.82, 2.24) is 0 Å². The van der Waals surface area contributed by atoms with Gasteiger partial charge in [0, 0.05) is 5.41 Å². The van der Waals surface area contributed by atoms with Crippen LogP contribution < -0.4 is 5.73 Å². The van der Waals surface area contributed by atoms with E-state index in [1.54, 1.807) is 11.1 Å². The highest BCUT2D eigenvalue weighted by Crippen LogP contribution is 2.49. The van der Waals surface area contributed by atoms with E-state index in [9.17, 15) is 0 Å². The average Bonchev–Trinajstić information content (AvgIpc) is 2.36. The van der Waals surface area contributed by atoms with Crippen LogP contribution in [0.15, 0.2) is 22.3 Å². The Morgan fingerprint density at radius 1 is 0.933 bits per heavy atom. The monoisotopic (exact) mass is 207 g/mol. The maximum atomic E-state index is 5.56. The molecule has 0 aromatic carbocycles. The number of allylic oxidation sites excluding steroid dienone is 4. The molecule has 0 aliphatic heterocycles. The van der Waals surface area contributed by atoms with Gasteiger partial charge in [0.25, 0.3) is 0 Å². The van der Waals surface area contributed by atoms with Crippen LogP contribution >= 0.6 is 0 Å². The molecule has 0 aromatic rings. The Bertz CT molecular complexity index is 283. The van der Waals surface area contributed by atoms with Gasteiger partial charge in [0.2, 0.25) is 0 Å². The summed E-state index contributed by atoms with van der Waals surface area (Å²) >= 11 is 0. The molecule has 15 heavy (non-hydrogen) atoms. The predicted molar refractivity (Wildman–Crippen MR) is 67.8 cm³/mol. The van der Waals surface area contributed by atoms with Crippen LogP contribution in [0.1, 0.15) is 53.9 Å². The smallest absolute Gasteiger partial charge is 0.00983 e. The molecular weight excluding hydrogens is 182 g/mol.